The Morgan fingerprint density at radius 2 is 1.55 bits per heavy atom. The van der Waals surface area contributed by atoms with Gasteiger partial charge in [-0.05, 0) is 48.9 Å². The van der Waals surface area contributed by atoms with Crippen molar-refractivity contribution < 1.29 is 14.3 Å². The summed E-state index contributed by atoms with van der Waals surface area (Å²) in [5.41, 5.74) is 1.20. The van der Waals surface area contributed by atoms with E-state index in [2.05, 4.69) is 10.2 Å². The first kappa shape index (κ1) is 20.0. The van der Waals surface area contributed by atoms with Gasteiger partial charge in [0.1, 0.15) is 11.4 Å². The highest BCUT2D eigenvalue weighted by Gasteiger charge is 2.50. The number of hydrogen-bond acceptors (Lipinski definition) is 4. The quantitative estimate of drug-likeness (QED) is 0.638. The Kier molecular flexibility index (Phi) is 5.38. The highest BCUT2D eigenvalue weighted by atomic mass is 16.4. The number of nitrogens with one attached hydrogen (secondary N) is 1. The van der Waals surface area contributed by atoms with Gasteiger partial charge in [0.25, 0.3) is 0 Å². The number of furan rings is 1. The molecule has 1 amide bonds. The van der Waals surface area contributed by atoms with Gasteiger partial charge in [-0.1, -0.05) is 60.7 Å². The van der Waals surface area contributed by atoms with E-state index in [0.717, 1.165) is 24.0 Å². The van der Waals surface area contributed by atoms with Crippen molar-refractivity contribution in [3.8, 4) is 0 Å². The lowest BCUT2D eigenvalue weighted by Gasteiger charge is -2.42. The van der Waals surface area contributed by atoms with Gasteiger partial charge >= 0.3 is 0 Å². The van der Waals surface area contributed by atoms with E-state index in [1.54, 1.807) is 6.26 Å². The van der Waals surface area contributed by atoms with E-state index in [1.165, 1.54) is 0 Å². The summed E-state index contributed by atoms with van der Waals surface area (Å²) in [6, 6.07) is 24.0. The molecule has 160 valence electrons. The normalized spacial score (nSPS) is 25.6. The molecule has 0 unspecified atom stereocenters. The fraction of sp³-hybridized carbons (Fsp3) is 0.346. The maximum atomic E-state index is 13.1. The average molecular weight is 417 g/mol. The smallest absolute Gasteiger partial charge is 0.234 e. The van der Waals surface area contributed by atoms with Crippen LogP contribution in [0.2, 0.25) is 0 Å². The van der Waals surface area contributed by atoms with E-state index in [1.807, 2.05) is 72.8 Å². The van der Waals surface area contributed by atoms with Crippen LogP contribution in [-0.4, -0.2) is 34.5 Å². The number of piperidine rings is 1. The second kappa shape index (κ2) is 8.33. The number of carbonyl (C=O) groups is 1. The third-order valence-electron chi connectivity index (χ3n) is 6.79. The van der Waals surface area contributed by atoms with Crippen molar-refractivity contribution in [3.63, 3.8) is 0 Å². The maximum absolute atomic E-state index is 13.1. The van der Waals surface area contributed by atoms with Crippen molar-refractivity contribution in [1.29, 1.82) is 0 Å². The average Bonchev–Trinajstić information content (AvgIpc) is 3.42. The number of rotatable bonds is 6. The van der Waals surface area contributed by atoms with Crippen molar-refractivity contribution in [2.24, 2.45) is 0 Å². The molecule has 0 spiro atoms. The molecule has 2 aromatic carbocycles. The number of benzene rings is 2. The minimum absolute atomic E-state index is 0.0121. The van der Waals surface area contributed by atoms with Crippen LogP contribution in [0.25, 0.3) is 0 Å². The van der Waals surface area contributed by atoms with Gasteiger partial charge in [0.2, 0.25) is 5.91 Å². The molecular formula is C26H28N2O3. The molecule has 5 nitrogen and oxygen atoms in total. The van der Waals surface area contributed by atoms with Crippen LogP contribution in [0.4, 0.5) is 0 Å². The molecule has 31 heavy (non-hydrogen) atoms. The third-order valence-corrected chi connectivity index (χ3v) is 6.79. The number of amides is 1. The van der Waals surface area contributed by atoms with Gasteiger partial charge < -0.3 is 14.8 Å². The molecule has 2 atom stereocenters. The van der Waals surface area contributed by atoms with Crippen LogP contribution >= 0.6 is 0 Å². The molecule has 2 fully saturated rings. The second-order valence-corrected chi connectivity index (χ2v) is 8.80. The molecule has 5 heteroatoms. The molecule has 0 saturated carbocycles. The van der Waals surface area contributed by atoms with Gasteiger partial charge in [-0.3, -0.25) is 9.69 Å². The van der Waals surface area contributed by atoms with E-state index in [0.29, 0.717) is 25.1 Å². The van der Waals surface area contributed by atoms with Crippen LogP contribution < -0.4 is 5.32 Å². The van der Waals surface area contributed by atoms with Crippen LogP contribution in [0.15, 0.2) is 83.5 Å². The SMILES string of the molecule is O=C(CN1[C@H]2CC[C@H]1CC(O)(c1ccco1)C2)NC(c1ccccc1)c1ccccc1. The summed E-state index contributed by atoms with van der Waals surface area (Å²) in [6.07, 6.45) is 4.82. The van der Waals surface area contributed by atoms with Crippen molar-refractivity contribution in [3.05, 3.63) is 95.9 Å². The first-order chi connectivity index (χ1) is 15.1. The predicted octanol–water partition coefficient (Wildman–Crippen LogP) is 4.00. The Hall–Kier alpha value is -2.89. The first-order valence-electron chi connectivity index (χ1n) is 11.0. The zero-order chi connectivity index (χ0) is 21.3. The Labute approximate surface area is 182 Å². The van der Waals surface area contributed by atoms with E-state index in [4.69, 9.17) is 4.42 Å². The zero-order valence-corrected chi connectivity index (χ0v) is 17.5. The van der Waals surface area contributed by atoms with E-state index in [9.17, 15) is 9.90 Å². The molecule has 2 aliphatic heterocycles. The summed E-state index contributed by atoms with van der Waals surface area (Å²) in [5, 5.41) is 14.4. The van der Waals surface area contributed by atoms with Crippen molar-refractivity contribution in [1.82, 2.24) is 10.2 Å². The minimum Gasteiger partial charge on any atom is -0.466 e. The van der Waals surface area contributed by atoms with Crippen LogP contribution in [0.1, 0.15) is 48.6 Å². The summed E-state index contributed by atoms with van der Waals surface area (Å²) in [7, 11) is 0. The Bertz CT molecular complexity index is 950. The maximum Gasteiger partial charge on any atom is 0.234 e. The van der Waals surface area contributed by atoms with Crippen LogP contribution in [-0.2, 0) is 10.4 Å². The van der Waals surface area contributed by atoms with Crippen molar-refractivity contribution >= 4 is 5.91 Å². The van der Waals surface area contributed by atoms with Gasteiger partial charge in [0.05, 0.1) is 18.8 Å². The first-order valence-corrected chi connectivity index (χ1v) is 11.0. The number of aliphatic hydroxyl groups is 1. The summed E-state index contributed by atoms with van der Waals surface area (Å²) < 4.78 is 5.52. The third kappa shape index (κ3) is 4.03. The molecule has 1 aromatic heterocycles. The highest BCUT2D eigenvalue weighted by Crippen LogP contribution is 2.45. The van der Waals surface area contributed by atoms with E-state index in [-0.39, 0.29) is 24.0 Å². The van der Waals surface area contributed by atoms with Crippen LogP contribution in [0, 0.1) is 0 Å². The molecule has 2 N–H and O–H groups in total. The minimum atomic E-state index is -0.932. The lowest BCUT2D eigenvalue weighted by atomic mass is 9.84. The highest BCUT2D eigenvalue weighted by molar-refractivity contribution is 5.79. The largest absolute Gasteiger partial charge is 0.466 e. The molecule has 2 aliphatic rings. The number of nitrogens with zero attached hydrogens (tertiary/aromatic N) is 1. The Morgan fingerprint density at radius 1 is 0.968 bits per heavy atom. The van der Waals surface area contributed by atoms with Crippen molar-refractivity contribution in [2.45, 2.75) is 49.4 Å². The number of carbonyl (C=O) groups excluding carboxylic acids is 1. The molecule has 0 aliphatic carbocycles. The van der Waals surface area contributed by atoms with Crippen LogP contribution in [0.5, 0.6) is 0 Å². The summed E-state index contributed by atoms with van der Waals surface area (Å²) >= 11 is 0. The van der Waals surface area contributed by atoms with Gasteiger partial charge in [-0.2, -0.15) is 0 Å². The van der Waals surface area contributed by atoms with E-state index < -0.39 is 5.60 Å². The molecular weight excluding hydrogens is 388 g/mol. The molecule has 2 saturated heterocycles. The molecule has 0 radical (unpaired) electrons. The summed E-state index contributed by atoms with van der Waals surface area (Å²) in [5.74, 6) is 0.653. The Morgan fingerprint density at radius 3 is 2.06 bits per heavy atom. The lowest BCUT2D eigenvalue weighted by molar-refractivity contribution is -0.127. The standard InChI is InChI=1S/C26H28N2O3/c29-24(27-25(19-8-3-1-4-9-19)20-10-5-2-6-11-20)18-28-21-13-14-22(28)17-26(30,16-21)23-12-7-15-31-23/h1-12,15,21-22,25,30H,13-14,16-18H2,(H,27,29)/t21-,22-/m0/s1. The topological polar surface area (TPSA) is 65.7 Å². The van der Waals surface area contributed by atoms with Gasteiger partial charge in [0.15, 0.2) is 0 Å². The molecule has 5 rings (SSSR count). The van der Waals surface area contributed by atoms with Gasteiger partial charge in [-0.25, -0.2) is 0 Å². The van der Waals surface area contributed by atoms with E-state index >= 15 is 0 Å². The zero-order valence-electron chi connectivity index (χ0n) is 17.5. The molecule has 3 aromatic rings. The predicted molar refractivity (Wildman–Crippen MR) is 118 cm³/mol. The van der Waals surface area contributed by atoms with Crippen molar-refractivity contribution in [2.75, 3.05) is 6.54 Å². The van der Waals surface area contributed by atoms with Crippen LogP contribution in [0.3, 0.4) is 0 Å². The molecule has 3 heterocycles. The Balaban J connectivity index is 1.30. The van der Waals surface area contributed by atoms with Gasteiger partial charge in [-0.15, -0.1) is 0 Å². The lowest BCUT2D eigenvalue weighted by Crippen LogP contribution is -2.52. The monoisotopic (exact) mass is 416 g/mol. The fourth-order valence-corrected chi connectivity index (χ4v) is 5.34. The summed E-state index contributed by atoms with van der Waals surface area (Å²) in [6.45, 7) is 0.347. The number of hydrogen-bond donors (Lipinski definition) is 2. The van der Waals surface area contributed by atoms with Gasteiger partial charge in [0, 0.05) is 12.1 Å². The number of fused-ring (bicyclic) bond motifs is 2. The fourth-order valence-electron chi connectivity index (χ4n) is 5.34. The summed E-state index contributed by atoms with van der Waals surface area (Å²) in [4.78, 5) is 15.4. The molecule has 2 bridgehead atoms. The second-order valence-electron chi connectivity index (χ2n) is 8.80.